The molecular weight excluding hydrogens is 232 g/mol. The topological polar surface area (TPSA) is 31.4 Å². The summed E-state index contributed by atoms with van der Waals surface area (Å²) in [6, 6.07) is 1.24. The molecule has 0 unspecified atom stereocenters. The second-order valence-electron chi connectivity index (χ2n) is 2.39. The van der Waals surface area contributed by atoms with E-state index in [2.05, 4.69) is 4.98 Å². The lowest BCUT2D eigenvalue weighted by atomic mass is 10.5. The number of nitrogens with zero attached hydrogens (tertiary/aromatic N) is 1. The summed E-state index contributed by atoms with van der Waals surface area (Å²) in [5.41, 5.74) is 0. The highest BCUT2D eigenvalue weighted by atomic mass is 35.5. The first-order valence-electron chi connectivity index (χ1n) is 3.78. The maximum atomic E-state index is 12.9. The van der Waals surface area contributed by atoms with E-state index in [1.807, 2.05) is 0 Å². The van der Waals surface area contributed by atoms with Gasteiger partial charge in [-0.25, -0.2) is 0 Å². The van der Waals surface area contributed by atoms with Gasteiger partial charge in [0.2, 0.25) is 11.8 Å². The van der Waals surface area contributed by atoms with Crippen molar-refractivity contribution in [2.24, 2.45) is 0 Å². The lowest BCUT2D eigenvalue weighted by Gasteiger charge is -2.06. The van der Waals surface area contributed by atoms with Crippen molar-refractivity contribution in [1.82, 2.24) is 4.98 Å². The van der Waals surface area contributed by atoms with Crippen LogP contribution in [0.5, 0.6) is 5.88 Å². The van der Waals surface area contributed by atoms with Gasteiger partial charge in [-0.05, 0) is 6.07 Å². The summed E-state index contributed by atoms with van der Waals surface area (Å²) >= 11 is 11.1. The first-order chi connectivity index (χ1) is 6.65. The van der Waals surface area contributed by atoms with Crippen LogP contribution in [0.3, 0.4) is 0 Å². The van der Waals surface area contributed by atoms with Crippen LogP contribution in [0.1, 0.15) is 0 Å². The quantitative estimate of drug-likeness (QED) is 0.598. The predicted octanol–water partition coefficient (Wildman–Crippen LogP) is 2.55. The lowest BCUT2D eigenvalue weighted by molar-refractivity contribution is 0.143. The second-order valence-corrected chi connectivity index (χ2v) is 3.20. The summed E-state index contributed by atoms with van der Waals surface area (Å²) in [6.07, 6.45) is 0. The fourth-order valence-electron chi connectivity index (χ4n) is 0.751. The molecule has 0 aliphatic heterocycles. The van der Waals surface area contributed by atoms with Gasteiger partial charge in [-0.1, -0.05) is 23.2 Å². The molecule has 1 rings (SSSR count). The Balaban J connectivity index is 2.72. The summed E-state index contributed by atoms with van der Waals surface area (Å²) < 4.78 is 22.6. The molecule has 0 amide bonds. The molecule has 0 atom stereocenters. The average Bonchev–Trinajstić information content (AvgIpc) is 2.14. The fraction of sp³-hybridized carbons (Fsp3) is 0.375. The van der Waals surface area contributed by atoms with Gasteiger partial charge in [0.05, 0.1) is 11.6 Å². The number of hydrogen-bond donors (Lipinski definition) is 0. The minimum atomic E-state index is -0.802. The minimum Gasteiger partial charge on any atom is -0.474 e. The van der Waals surface area contributed by atoms with E-state index in [9.17, 15) is 4.39 Å². The summed E-state index contributed by atoms with van der Waals surface area (Å²) in [6.45, 7) is 0.631. The van der Waals surface area contributed by atoms with Gasteiger partial charge in [-0.2, -0.15) is 9.37 Å². The highest BCUT2D eigenvalue weighted by Gasteiger charge is 2.09. The number of rotatable bonds is 4. The van der Waals surface area contributed by atoms with Crippen molar-refractivity contribution in [1.29, 1.82) is 0 Å². The standard InChI is InChI=1S/C8H8Cl2FNO2/c1-13-2-3-14-8-6(10)4-5(9)7(11)12-8/h4H,2-3H2,1H3. The SMILES string of the molecule is COCCOc1nc(F)c(Cl)cc1Cl. The zero-order chi connectivity index (χ0) is 10.6. The van der Waals surface area contributed by atoms with E-state index >= 15 is 0 Å². The molecule has 0 radical (unpaired) electrons. The minimum absolute atomic E-state index is 0.0191. The van der Waals surface area contributed by atoms with Crippen molar-refractivity contribution < 1.29 is 13.9 Å². The van der Waals surface area contributed by atoms with Gasteiger partial charge in [0.15, 0.2) is 0 Å². The summed E-state index contributed by atoms with van der Waals surface area (Å²) in [4.78, 5) is 3.44. The van der Waals surface area contributed by atoms with Crippen LogP contribution in [0.25, 0.3) is 0 Å². The molecule has 0 aliphatic carbocycles. The number of methoxy groups -OCH3 is 1. The Kier molecular flexibility index (Phi) is 4.38. The van der Waals surface area contributed by atoms with Crippen LogP contribution in [-0.4, -0.2) is 25.3 Å². The third-order valence-electron chi connectivity index (χ3n) is 1.38. The van der Waals surface area contributed by atoms with Crippen LogP contribution in [0, 0.1) is 5.95 Å². The van der Waals surface area contributed by atoms with E-state index in [-0.39, 0.29) is 22.5 Å². The van der Waals surface area contributed by atoms with E-state index in [0.717, 1.165) is 0 Å². The molecule has 14 heavy (non-hydrogen) atoms. The maximum Gasteiger partial charge on any atom is 0.235 e. The highest BCUT2D eigenvalue weighted by molar-refractivity contribution is 6.35. The molecule has 1 aromatic rings. The summed E-state index contributed by atoms with van der Waals surface area (Å²) in [7, 11) is 1.53. The molecule has 0 aromatic carbocycles. The van der Waals surface area contributed by atoms with Crippen LogP contribution >= 0.6 is 23.2 Å². The van der Waals surface area contributed by atoms with Gasteiger partial charge < -0.3 is 9.47 Å². The number of aromatic nitrogens is 1. The molecular formula is C8H8Cl2FNO2. The normalized spacial score (nSPS) is 10.3. The number of halogens is 3. The molecule has 1 aromatic heterocycles. The Bertz CT molecular complexity index is 322. The van der Waals surface area contributed by atoms with E-state index < -0.39 is 5.95 Å². The molecule has 0 aliphatic rings. The molecule has 0 bridgehead atoms. The van der Waals surface area contributed by atoms with Crippen LogP contribution in [-0.2, 0) is 4.74 Å². The van der Waals surface area contributed by atoms with Crippen molar-refractivity contribution in [2.75, 3.05) is 20.3 Å². The van der Waals surface area contributed by atoms with E-state index in [0.29, 0.717) is 6.61 Å². The van der Waals surface area contributed by atoms with Crippen LogP contribution in [0.2, 0.25) is 10.0 Å². The second kappa shape index (κ2) is 5.34. The Morgan fingerprint density at radius 3 is 2.71 bits per heavy atom. The number of ether oxygens (including phenoxy) is 2. The van der Waals surface area contributed by atoms with Crippen molar-refractivity contribution in [3.8, 4) is 5.88 Å². The van der Waals surface area contributed by atoms with Crippen molar-refractivity contribution >= 4 is 23.2 Å². The number of pyridine rings is 1. The lowest BCUT2D eigenvalue weighted by Crippen LogP contribution is -2.06. The van der Waals surface area contributed by atoms with Gasteiger partial charge in [0.1, 0.15) is 11.6 Å². The van der Waals surface area contributed by atoms with E-state index in [4.69, 9.17) is 32.7 Å². The summed E-state index contributed by atoms with van der Waals surface area (Å²) in [5, 5.41) is 0.0431. The molecule has 0 saturated carbocycles. The smallest absolute Gasteiger partial charge is 0.235 e. The van der Waals surface area contributed by atoms with Gasteiger partial charge >= 0.3 is 0 Å². The third kappa shape index (κ3) is 2.97. The molecule has 6 heteroatoms. The van der Waals surface area contributed by atoms with Crippen molar-refractivity contribution in [3.63, 3.8) is 0 Å². The maximum absolute atomic E-state index is 12.9. The van der Waals surface area contributed by atoms with Crippen LogP contribution in [0.4, 0.5) is 4.39 Å². The van der Waals surface area contributed by atoms with Gasteiger partial charge in [0, 0.05) is 7.11 Å². The fourth-order valence-corrected chi connectivity index (χ4v) is 1.16. The molecule has 3 nitrogen and oxygen atoms in total. The van der Waals surface area contributed by atoms with Crippen molar-refractivity contribution in [2.45, 2.75) is 0 Å². The molecule has 1 heterocycles. The van der Waals surface area contributed by atoms with Gasteiger partial charge in [-0.15, -0.1) is 0 Å². The Labute approximate surface area is 90.7 Å². The average molecular weight is 240 g/mol. The zero-order valence-corrected chi connectivity index (χ0v) is 8.90. The summed E-state index contributed by atoms with van der Waals surface area (Å²) in [5.74, 6) is -0.783. The van der Waals surface area contributed by atoms with E-state index in [1.165, 1.54) is 13.2 Å². The third-order valence-corrected chi connectivity index (χ3v) is 1.92. The van der Waals surface area contributed by atoms with Gasteiger partial charge in [0.25, 0.3) is 0 Å². The Morgan fingerprint density at radius 2 is 2.07 bits per heavy atom. The predicted molar refractivity (Wildman–Crippen MR) is 51.6 cm³/mol. The van der Waals surface area contributed by atoms with E-state index in [1.54, 1.807) is 0 Å². The zero-order valence-electron chi connectivity index (χ0n) is 7.39. The molecule has 0 N–H and O–H groups in total. The number of hydrogen-bond acceptors (Lipinski definition) is 3. The molecule has 0 fully saturated rings. The molecule has 0 saturated heterocycles. The van der Waals surface area contributed by atoms with Crippen LogP contribution < -0.4 is 4.74 Å². The largest absolute Gasteiger partial charge is 0.474 e. The Morgan fingerprint density at radius 1 is 1.36 bits per heavy atom. The van der Waals surface area contributed by atoms with Gasteiger partial charge in [-0.3, -0.25) is 0 Å². The Hall–Kier alpha value is -0.580. The van der Waals surface area contributed by atoms with Crippen molar-refractivity contribution in [3.05, 3.63) is 22.1 Å². The molecule has 0 spiro atoms. The highest BCUT2D eigenvalue weighted by Crippen LogP contribution is 2.26. The monoisotopic (exact) mass is 239 g/mol. The van der Waals surface area contributed by atoms with Crippen LogP contribution in [0.15, 0.2) is 6.07 Å². The first kappa shape index (κ1) is 11.5. The molecule has 78 valence electrons. The first-order valence-corrected chi connectivity index (χ1v) is 4.54.